The molecule has 22 heavy (non-hydrogen) atoms. The molecule has 0 radical (unpaired) electrons. The molecule has 0 unspecified atom stereocenters. The van der Waals surface area contributed by atoms with Gasteiger partial charge in [-0.3, -0.25) is 9.18 Å². The highest BCUT2D eigenvalue weighted by Gasteiger charge is 2.34. The van der Waals surface area contributed by atoms with Gasteiger partial charge >= 0.3 is 0 Å². The van der Waals surface area contributed by atoms with Crippen LogP contribution in [0.1, 0.15) is 48.9 Å². The van der Waals surface area contributed by atoms with Crippen LogP contribution in [-0.2, 0) is 9.47 Å². The van der Waals surface area contributed by atoms with Gasteiger partial charge in [0.1, 0.15) is 0 Å². The van der Waals surface area contributed by atoms with Gasteiger partial charge in [-0.1, -0.05) is 49.9 Å². The molecule has 1 aromatic rings. The SMILES string of the molecule is CCC1(CC)COC(c2ccc(C(=O)SCCF)cc2)OC1. The Morgan fingerprint density at radius 3 is 2.32 bits per heavy atom. The molecule has 1 aliphatic rings. The minimum Gasteiger partial charge on any atom is -0.348 e. The van der Waals surface area contributed by atoms with Crippen LogP contribution in [0, 0.1) is 5.41 Å². The van der Waals surface area contributed by atoms with Crippen LogP contribution in [0.2, 0.25) is 0 Å². The van der Waals surface area contributed by atoms with Crippen LogP contribution in [-0.4, -0.2) is 30.8 Å². The molecular weight excluding hydrogens is 303 g/mol. The number of benzene rings is 1. The Balaban J connectivity index is 1.96. The van der Waals surface area contributed by atoms with Gasteiger partial charge in [-0.15, -0.1) is 0 Å². The van der Waals surface area contributed by atoms with Crippen LogP contribution >= 0.6 is 11.8 Å². The van der Waals surface area contributed by atoms with Gasteiger partial charge < -0.3 is 9.47 Å². The predicted octanol–water partition coefficient (Wildman–Crippen LogP) is 4.38. The van der Waals surface area contributed by atoms with Gasteiger partial charge in [-0.05, 0) is 12.8 Å². The molecule has 0 atom stereocenters. The second-order valence-corrected chi connectivity index (χ2v) is 6.68. The molecule has 1 aromatic carbocycles. The van der Waals surface area contributed by atoms with Gasteiger partial charge in [-0.2, -0.15) is 0 Å². The summed E-state index contributed by atoms with van der Waals surface area (Å²) in [5, 5.41) is -0.106. The van der Waals surface area contributed by atoms with Crippen molar-refractivity contribution in [1.82, 2.24) is 0 Å². The average Bonchev–Trinajstić information content (AvgIpc) is 2.60. The van der Waals surface area contributed by atoms with Gasteiger partial charge in [0, 0.05) is 22.3 Å². The van der Waals surface area contributed by atoms with Gasteiger partial charge in [0.25, 0.3) is 0 Å². The number of alkyl halides is 1. The Morgan fingerprint density at radius 1 is 1.23 bits per heavy atom. The maximum atomic E-state index is 12.1. The summed E-state index contributed by atoms with van der Waals surface area (Å²) in [7, 11) is 0. The third kappa shape index (κ3) is 4.09. The fraction of sp³-hybridized carbons (Fsp3) is 0.588. The van der Waals surface area contributed by atoms with E-state index in [0.717, 1.165) is 30.2 Å². The number of hydrogen-bond acceptors (Lipinski definition) is 4. The van der Waals surface area contributed by atoms with Crippen LogP contribution in [0.4, 0.5) is 4.39 Å². The predicted molar refractivity (Wildman–Crippen MR) is 86.9 cm³/mol. The first-order chi connectivity index (χ1) is 10.6. The van der Waals surface area contributed by atoms with Gasteiger partial charge in [-0.25, -0.2) is 0 Å². The van der Waals surface area contributed by atoms with Gasteiger partial charge in [0.2, 0.25) is 5.12 Å². The fourth-order valence-corrected chi connectivity index (χ4v) is 3.00. The van der Waals surface area contributed by atoms with Crippen molar-refractivity contribution >= 4 is 16.9 Å². The van der Waals surface area contributed by atoms with Crippen LogP contribution in [0.5, 0.6) is 0 Å². The highest BCUT2D eigenvalue weighted by molar-refractivity contribution is 8.14. The first-order valence-corrected chi connectivity index (χ1v) is 8.69. The van der Waals surface area contributed by atoms with Gasteiger partial charge in [0.05, 0.1) is 19.9 Å². The highest BCUT2D eigenvalue weighted by atomic mass is 32.2. The largest absolute Gasteiger partial charge is 0.348 e. The lowest BCUT2D eigenvalue weighted by atomic mass is 9.83. The summed E-state index contributed by atoms with van der Waals surface area (Å²) in [5.74, 6) is 0.200. The summed E-state index contributed by atoms with van der Waals surface area (Å²) >= 11 is 1.00. The minimum atomic E-state index is -0.491. The molecule has 2 rings (SSSR count). The first-order valence-electron chi connectivity index (χ1n) is 7.70. The zero-order valence-corrected chi connectivity index (χ0v) is 14.0. The van der Waals surface area contributed by atoms with E-state index in [1.165, 1.54) is 0 Å². The highest BCUT2D eigenvalue weighted by Crippen LogP contribution is 2.36. The number of carbonyl (C=O) groups is 1. The number of thioether (sulfide) groups is 1. The van der Waals surface area contributed by atoms with E-state index in [9.17, 15) is 9.18 Å². The number of hydrogen-bond donors (Lipinski definition) is 0. The third-order valence-electron chi connectivity index (χ3n) is 4.31. The van der Waals surface area contributed by atoms with Crippen molar-refractivity contribution in [3.05, 3.63) is 35.4 Å². The number of ether oxygens (including phenoxy) is 2. The molecule has 0 amide bonds. The fourth-order valence-electron chi connectivity index (χ4n) is 2.44. The second-order valence-electron chi connectivity index (χ2n) is 5.61. The molecule has 122 valence electrons. The molecule has 5 heteroatoms. The zero-order chi connectivity index (χ0) is 16.0. The van der Waals surface area contributed by atoms with E-state index in [4.69, 9.17) is 9.47 Å². The lowest BCUT2D eigenvalue weighted by Gasteiger charge is -2.39. The minimum absolute atomic E-state index is 0.106. The molecule has 3 nitrogen and oxygen atoms in total. The van der Waals surface area contributed by atoms with E-state index in [1.54, 1.807) is 12.1 Å². The monoisotopic (exact) mass is 326 g/mol. The molecule has 1 aliphatic heterocycles. The van der Waals surface area contributed by atoms with E-state index in [0.29, 0.717) is 18.8 Å². The Morgan fingerprint density at radius 2 is 1.82 bits per heavy atom. The van der Waals surface area contributed by atoms with E-state index in [1.807, 2.05) is 12.1 Å². The molecule has 1 saturated heterocycles. The summed E-state index contributed by atoms with van der Waals surface area (Å²) in [5.41, 5.74) is 1.61. The lowest BCUT2D eigenvalue weighted by molar-refractivity contribution is -0.235. The lowest BCUT2D eigenvalue weighted by Crippen LogP contribution is -2.37. The number of halogens is 1. The Hall–Kier alpha value is -0.910. The molecular formula is C17H23FO3S. The molecule has 0 saturated carbocycles. The summed E-state index contributed by atoms with van der Waals surface area (Å²) in [4.78, 5) is 11.8. The number of rotatable bonds is 6. The quantitative estimate of drug-likeness (QED) is 0.777. The summed E-state index contributed by atoms with van der Waals surface area (Å²) in [6.07, 6.45) is 1.71. The molecule has 0 aliphatic carbocycles. The van der Waals surface area contributed by atoms with Crippen molar-refractivity contribution in [1.29, 1.82) is 0 Å². The normalized spacial score (nSPS) is 18.3. The van der Waals surface area contributed by atoms with Crippen molar-refractivity contribution in [3.8, 4) is 0 Å². The summed E-state index contributed by atoms with van der Waals surface area (Å²) in [6.45, 7) is 5.21. The molecule has 0 spiro atoms. The first kappa shape index (κ1) is 17.4. The van der Waals surface area contributed by atoms with E-state index < -0.39 is 6.67 Å². The standard InChI is InChI=1S/C17H23FO3S/c1-3-17(4-2)11-20-16(21-12-17)14-7-5-13(6-8-14)15(19)22-10-9-18/h5-8,16H,3-4,9-12H2,1-2H3. The molecule has 0 bridgehead atoms. The summed E-state index contributed by atoms with van der Waals surface area (Å²) < 4.78 is 23.8. The zero-order valence-electron chi connectivity index (χ0n) is 13.1. The van der Waals surface area contributed by atoms with Crippen LogP contribution in [0.25, 0.3) is 0 Å². The van der Waals surface area contributed by atoms with E-state index in [2.05, 4.69) is 13.8 Å². The summed E-state index contributed by atoms with van der Waals surface area (Å²) in [6, 6.07) is 7.19. The smallest absolute Gasteiger partial charge is 0.219 e. The average molecular weight is 326 g/mol. The van der Waals surface area contributed by atoms with Gasteiger partial charge in [0.15, 0.2) is 6.29 Å². The topological polar surface area (TPSA) is 35.5 Å². The van der Waals surface area contributed by atoms with E-state index >= 15 is 0 Å². The van der Waals surface area contributed by atoms with Crippen molar-refractivity contribution in [3.63, 3.8) is 0 Å². The van der Waals surface area contributed by atoms with Crippen molar-refractivity contribution in [2.45, 2.75) is 33.0 Å². The maximum Gasteiger partial charge on any atom is 0.219 e. The van der Waals surface area contributed by atoms with Crippen LogP contribution < -0.4 is 0 Å². The molecule has 0 aromatic heterocycles. The Labute approximate surface area is 135 Å². The van der Waals surface area contributed by atoms with Crippen molar-refractivity contribution < 1.29 is 18.7 Å². The van der Waals surface area contributed by atoms with E-state index in [-0.39, 0.29) is 22.6 Å². The Kier molecular flexibility index (Phi) is 6.41. The third-order valence-corrected chi connectivity index (χ3v) is 5.17. The second kappa shape index (κ2) is 8.09. The maximum absolute atomic E-state index is 12.1. The number of carbonyl (C=O) groups excluding carboxylic acids is 1. The molecule has 0 N–H and O–H groups in total. The Bertz CT molecular complexity index is 475. The van der Waals surface area contributed by atoms with Crippen molar-refractivity contribution in [2.24, 2.45) is 5.41 Å². The van der Waals surface area contributed by atoms with Crippen molar-refractivity contribution in [2.75, 3.05) is 25.6 Å². The van der Waals surface area contributed by atoms with Crippen LogP contribution in [0.15, 0.2) is 24.3 Å². The van der Waals surface area contributed by atoms with Crippen LogP contribution in [0.3, 0.4) is 0 Å². The molecule has 1 fully saturated rings. The molecule has 1 heterocycles.